The molecular weight excluding hydrogens is 268 g/mol. The molecule has 0 aromatic carbocycles. The molecule has 2 nitrogen and oxygen atoms in total. The van der Waals surface area contributed by atoms with Crippen LogP contribution < -0.4 is 5.73 Å². The van der Waals surface area contributed by atoms with Crippen molar-refractivity contribution in [3.05, 3.63) is 0 Å². The van der Waals surface area contributed by atoms with E-state index in [1.165, 1.54) is 77.0 Å². The molecule has 0 spiro atoms. The number of nitrogens with zero attached hydrogens (tertiary/aromatic N) is 1. The van der Waals surface area contributed by atoms with Crippen LogP contribution in [0.4, 0.5) is 0 Å². The van der Waals surface area contributed by atoms with Crippen LogP contribution in [0.15, 0.2) is 0 Å². The van der Waals surface area contributed by atoms with Crippen molar-refractivity contribution >= 4 is 0 Å². The van der Waals surface area contributed by atoms with Gasteiger partial charge in [0.25, 0.3) is 0 Å². The summed E-state index contributed by atoms with van der Waals surface area (Å²) in [5.74, 6) is 1.91. The highest BCUT2D eigenvalue weighted by atomic mass is 15.2. The van der Waals surface area contributed by atoms with E-state index < -0.39 is 0 Å². The molecule has 0 radical (unpaired) electrons. The van der Waals surface area contributed by atoms with Crippen molar-refractivity contribution in [3.8, 4) is 0 Å². The summed E-state index contributed by atoms with van der Waals surface area (Å²) in [7, 11) is 0. The van der Waals surface area contributed by atoms with Gasteiger partial charge in [0.1, 0.15) is 0 Å². The molecule has 0 aromatic rings. The quantitative estimate of drug-likeness (QED) is 0.817. The summed E-state index contributed by atoms with van der Waals surface area (Å²) in [6.45, 7) is 4.89. The predicted molar refractivity (Wildman–Crippen MR) is 94.9 cm³/mol. The molecular formula is C20H38N2. The Kier molecular flexibility index (Phi) is 5.84. The molecule has 2 unspecified atom stereocenters. The lowest BCUT2D eigenvalue weighted by Gasteiger charge is -2.49. The highest BCUT2D eigenvalue weighted by molar-refractivity contribution is 4.92. The molecule has 0 amide bonds. The van der Waals surface area contributed by atoms with Crippen LogP contribution in [-0.4, -0.2) is 29.1 Å². The van der Waals surface area contributed by atoms with Gasteiger partial charge < -0.3 is 5.73 Å². The van der Waals surface area contributed by atoms with Gasteiger partial charge in [0.15, 0.2) is 0 Å². The third-order valence-electron chi connectivity index (χ3n) is 6.92. The van der Waals surface area contributed by atoms with E-state index in [0.717, 1.165) is 30.0 Å². The average molecular weight is 307 g/mol. The zero-order chi connectivity index (χ0) is 15.5. The highest BCUT2D eigenvalue weighted by Gasteiger charge is 2.37. The second-order valence-corrected chi connectivity index (χ2v) is 8.86. The van der Waals surface area contributed by atoms with Gasteiger partial charge in [-0.05, 0) is 82.5 Å². The largest absolute Gasteiger partial charge is 0.328 e. The first-order chi connectivity index (χ1) is 10.6. The minimum Gasteiger partial charge on any atom is -0.328 e. The molecule has 3 rings (SSSR count). The maximum absolute atomic E-state index is 6.34. The van der Waals surface area contributed by atoms with Gasteiger partial charge in [-0.15, -0.1) is 0 Å². The number of nitrogens with two attached hydrogens (primary N) is 1. The van der Waals surface area contributed by atoms with Gasteiger partial charge in [0, 0.05) is 24.2 Å². The summed E-state index contributed by atoms with van der Waals surface area (Å²) in [6, 6.07) is 2.99. The maximum atomic E-state index is 6.34. The normalized spacial score (nSPS) is 44.2. The van der Waals surface area contributed by atoms with Crippen LogP contribution in [0.25, 0.3) is 0 Å². The van der Waals surface area contributed by atoms with E-state index in [1.54, 1.807) is 0 Å². The third kappa shape index (κ3) is 4.06. The Morgan fingerprint density at radius 2 is 1.14 bits per heavy atom. The van der Waals surface area contributed by atoms with Gasteiger partial charge in [0.2, 0.25) is 0 Å². The fourth-order valence-electron chi connectivity index (χ4n) is 5.45. The van der Waals surface area contributed by atoms with Gasteiger partial charge in [-0.2, -0.15) is 0 Å². The molecule has 0 aliphatic heterocycles. The smallest absolute Gasteiger partial charge is 0.0116 e. The van der Waals surface area contributed by atoms with Crippen molar-refractivity contribution in [3.63, 3.8) is 0 Å². The monoisotopic (exact) mass is 306 g/mol. The Morgan fingerprint density at radius 3 is 1.59 bits per heavy atom. The molecule has 2 heteroatoms. The summed E-state index contributed by atoms with van der Waals surface area (Å²) in [5, 5.41) is 0. The molecule has 0 saturated heterocycles. The number of hydrogen-bond donors (Lipinski definition) is 1. The van der Waals surface area contributed by atoms with E-state index >= 15 is 0 Å². The molecule has 3 aliphatic rings. The highest BCUT2D eigenvalue weighted by Crippen LogP contribution is 2.37. The van der Waals surface area contributed by atoms with E-state index in [4.69, 9.17) is 5.73 Å². The van der Waals surface area contributed by atoms with E-state index in [-0.39, 0.29) is 0 Å². The number of rotatable bonds is 3. The van der Waals surface area contributed by atoms with Crippen LogP contribution >= 0.6 is 0 Å². The van der Waals surface area contributed by atoms with Gasteiger partial charge in [-0.3, -0.25) is 4.90 Å². The SMILES string of the molecule is CC1CCC(N(C2CCC(C)CC2)C2CCCC(N)C2)CC1. The molecule has 3 saturated carbocycles. The molecule has 0 heterocycles. The lowest BCUT2D eigenvalue weighted by molar-refractivity contribution is 0.00887. The molecule has 3 aliphatic carbocycles. The minimum atomic E-state index is 0.464. The van der Waals surface area contributed by atoms with Crippen LogP contribution in [0.2, 0.25) is 0 Å². The van der Waals surface area contributed by atoms with Crippen LogP contribution in [-0.2, 0) is 0 Å². The van der Waals surface area contributed by atoms with Crippen molar-refractivity contribution in [2.24, 2.45) is 17.6 Å². The van der Waals surface area contributed by atoms with Crippen molar-refractivity contribution in [2.75, 3.05) is 0 Å². The van der Waals surface area contributed by atoms with Crippen LogP contribution in [0.3, 0.4) is 0 Å². The van der Waals surface area contributed by atoms with Crippen LogP contribution in [0.5, 0.6) is 0 Å². The second kappa shape index (κ2) is 7.66. The van der Waals surface area contributed by atoms with Crippen molar-refractivity contribution in [1.29, 1.82) is 0 Å². The van der Waals surface area contributed by atoms with E-state index in [0.29, 0.717) is 6.04 Å². The van der Waals surface area contributed by atoms with Crippen molar-refractivity contribution < 1.29 is 0 Å². The summed E-state index contributed by atoms with van der Waals surface area (Å²) in [6.07, 6.45) is 16.8. The van der Waals surface area contributed by atoms with Gasteiger partial charge in [-0.1, -0.05) is 20.3 Å². The molecule has 128 valence electrons. The topological polar surface area (TPSA) is 29.3 Å². The fourth-order valence-corrected chi connectivity index (χ4v) is 5.45. The molecule has 0 bridgehead atoms. The lowest BCUT2D eigenvalue weighted by atomic mass is 9.79. The Balaban J connectivity index is 1.69. The molecule has 22 heavy (non-hydrogen) atoms. The Bertz CT molecular complexity index is 305. The van der Waals surface area contributed by atoms with Crippen LogP contribution in [0, 0.1) is 11.8 Å². The Labute approximate surface area is 138 Å². The van der Waals surface area contributed by atoms with Crippen LogP contribution in [0.1, 0.15) is 90.9 Å². The first-order valence-corrected chi connectivity index (χ1v) is 10.2. The predicted octanol–water partition coefficient (Wildman–Crippen LogP) is 4.72. The van der Waals surface area contributed by atoms with E-state index in [1.807, 2.05) is 0 Å². The summed E-state index contributed by atoms with van der Waals surface area (Å²) in [4.78, 5) is 3.02. The lowest BCUT2D eigenvalue weighted by Crippen LogP contribution is -2.54. The molecule has 2 N–H and O–H groups in total. The van der Waals surface area contributed by atoms with Gasteiger partial charge >= 0.3 is 0 Å². The summed E-state index contributed by atoms with van der Waals surface area (Å²) in [5.41, 5.74) is 6.34. The Hall–Kier alpha value is -0.0800. The maximum Gasteiger partial charge on any atom is 0.0116 e. The van der Waals surface area contributed by atoms with Crippen molar-refractivity contribution in [1.82, 2.24) is 4.90 Å². The van der Waals surface area contributed by atoms with Gasteiger partial charge in [0.05, 0.1) is 0 Å². The zero-order valence-corrected chi connectivity index (χ0v) is 15.0. The van der Waals surface area contributed by atoms with Gasteiger partial charge in [-0.25, -0.2) is 0 Å². The second-order valence-electron chi connectivity index (χ2n) is 8.86. The molecule has 3 fully saturated rings. The summed E-state index contributed by atoms with van der Waals surface area (Å²) < 4.78 is 0. The Morgan fingerprint density at radius 1 is 0.636 bits per heavy atom. The number of hydrogen-bond acceptors (Lipinski definition) is 2. The fraction of sp³-hybridized carbons (Fsp3) is 1.00. The first-order valence-electron chi connectivity index (χ1n) is 10.2. The van der Waals surface area contributed by atoms with E-state index in [9.17, 15) is 0 Å². The zero-order valence-electron chi connectivity index (χ0n) is 15.0. The minimum absolute atomic E-state index is 0.464. The average Bonchev–Trinajstić information content (AvgIpc) is 2.51. The first kappa shape index (κ1) is 16.8. The summed E-state index contributed by atoms with van der Waals surface area (Å²) >= 11 is 0. The molecule has 0 aromatic heterocycles. The van der Waals surface area contributed by atoms with Crippen molar-refractivity contribution in [2.45, 2.75) is 115 Å². The van der Waals surface area contributed by atoms with E-state index in [2.05, 4.69) is 18.7 Å². The third-order valence-corrected chi connectivity index (χ3v) is 6.92. The standard InChI is InChI=1S/C20H38N2/c1-15-6-10-18(11-7-15)22(19-12-8-16(2)9-13-19)20-5-3-4-17(21)14-20/h15-20H,3-14,21H2,1-2H3. The molecule has 2 atom stereocenters.